The van der Waals surface area contributed by atoms with Crippen LogP contribution in [0.15, 0.2) is 0 Å². The Morgan fingerprint density at radius 3 is 2.67 bits per heavy atom. The largest absolute Gasteiger partial charge is 0.366 e. The molecule has 0 bridgehead atoms. The summed E-state index contributed by atoms with van der Waals surface area (Å²) in [4.78, 5) is 11.0. The van der Waals surface area contributed by atoms with Gasteiger partial charge in [0, 0.05) is 22.3 Å². The highest BCUT2D eigenvalue weighted by Gasteiger charge is 2.04. The topological polar surface area (TPSA) is 26.3 Å². The van der Waals surface area contributed by atoms with Gasteiger partial charge in [-0.2, -0.15) is 0 Å². The third-order valence-corrected chi connectivity index (χ3v) is 2.27. The summed E-state index contributed by atoms with van der Waals surface area (Å²) in [7, 11) is 2.24. The lowest BCUT2D eigenvalue weighted by Crippen LogP contribution is -2.03. The number of hydrogen-bond acceptors (Lipinski definition) is 2. The van der Waals surface area contributed by atoms with Gasteiger partial charge in [-0.3, -0.25) is 4.79 Å². The van der Waals surface area contributed by atoms with E-state index >= 15 is 0 Å². The molecule has 0 saturated heterocycles. The van der Waals surface area contributed by atoms with Gasteiger partial charge in [0.05, 0.1) is 6.61 Å². The molecular formula is C9H19O2P. The minimum atomic E-state index is 0.369. The van der Waals surface area contributed by atoms with Gasteiger partial charge >= 0.3 is 0 Å². The molecule has 0 aromatic rings. The summed E-state index contributed by atoms with van der Waals surface area (Å²) < 4.78 is 4.88. The molecule has 0 aromatic carbocycles. The van der Waals surface area contributed by atoms with Gasteiger partial charge < -0.3 is 4.52 Å². The highest BCUT2D eigenvalue weighted by molar-refractivity contribution is 7.09. The van der Waals surface area contributed by atoms with Crippen molar-refractivity contribution in [3.63, 3.8) is 0 Å². The van der Waals surface area contributed by atoms with Crippen LogP contribution < -0.4 is 0 Å². The lowest BCUT2D eigenvalue weighted by Gasteiger charge is -2.08. The van der Waals surface area contributed by atoms with E-state index in [1.807, 2.05) is 6.92 Å². The van der Waals surface area contributed by atoms with Crippen LogP contribution >= 0.6 is 9.47 Å². The quantitative estimate of drug-likeness (QED) is 0.577. The van der Waals surface area contributed by atoms with E-state index < -0.39 is 0 Å². The summed E-state index contributed by atoms with van der Waals surface area (Å²) in [6.45, 7) is 4.84. The molecule has 0 heterocycles. The Labute approximate surface area is 77.4 Å². The number of carbonyl (C=O) groups excluding carboxylic acids is 1. The van der Waals surface area contributed by atoms with Crippen LogP contribution in [0.5, 0.6) is 0 Å². The summed E-state index contributed by atoms with van der Waals surface area (Å²) in [5.41, 5.74) is 0. The Balaban J connectivity index is 3.30. The number of Topliss-reactive ketones (excluding diaryl/α,β-unsaturated/α-hetero) is 1. The Morgan fingerprint density at radius 1 is 1.50 bits per heavy atom. The first-order chi connectivity index (χ1) is 5.70. The number of carbonyl (C=O) groups is 1. The lowest BCUT2D eigenvalue weighted by atomic mass is 10.00. The third-order valence-electron chi connectivity index (χ3n) is 2.04. The smallest absolute Gasteiger partial charge is 0.132 e. The molecule has 0 amide bonds. The molecule has 2 unspecified atom stereocenters. The molecule has 0 aliphatic rings. The minimum Gasteiger partial charge on any atom is -0.366 e. The van der Waals surface area contributed by atoms with E-state index in [2.05, 4.69) is 16.4 Å². The molecule has 3 heteroatoms. The fourth-order valence-electron chi connectivity index (χ4n) is 0.998. The molecule has 12 heavy (non-hydrogen) atoms. The molecule has 0 aliphatic heterocycles. The number of hydrogen-bond donors (Lipinski definition) is 0. The zero-order valence-electron chi connectivity index (χ0n) is 8.01. The number of ketones is 1. The van der Waals surface area contributed by atoms with Gasteiger partial charge in [0.2, 0.25) is 0 Å². The first kappa shape index (κ1) is 12.1. The average molecular weight is 190 g/mol. The van der Waals surface area contributed by atoms with Crippen molar-refractivity contribution in [3.05, 3.63) is 0 Å². The predicted octanol–water partition coefficient (Wildman–Crippen LogP) is 2.58. The molecule has 0 spiro atoms. The van der Waals surface area contributed by atoms with Gasteiger partial charge in [0.25, 0.3) is 0 Å². The van der Waals surface area contributed by atoms with Gasteiger partial charge in [0.15, 0.2) is 0 Å². The maximum atomic E-state index is 11.0. The first-order valence-electron chi connectivity index (χ1n) is 4.54. The van der Waals surface area contributed by atoms with E-state index in [1.165, 1.54) is 0 Å². The standard InChI is InChI=1S/C9H19O2P/c1-3-9(10)5-4-8(2)6-7-11-12/h8H,3-7,12H2,1-2H3. The summed E-state index contributed by atoms with van der Waals surface area (Å²) >= 11 is 0. The van der Waals surface area contributed by atoms with Crippen LogP contribution in [0.4, 0.5) is 0 Å². The van der Waals surface area contributed by atoms with Crippen molar-refractivity contribution < 1.29 is 9.32 Å². The van der Waals surface area contributed by atoms with Crippen LogP contribution in [0.2, 0.25) is 0 Å². The molecule has 0 N–H and O–H groups in total. The maximum Gasteiger partial charge on any atom is 0.132 e. The van der Waals surface area contributed by atoms with Crippen LogP contribution in [-0.4, -0.2) is 12.4 Å². The monoisotopic (exact) mass is 190 g/mol. The van der Waals surface area contributed by atoms with Crippen molar-refractivity contribution in [2.75, 3.05) is 6.61 Å². The van der Waals surface area contributed by atoms with Crippen LogP contribution in [-0.2, 0) is 9.32 Å². The van der Waals surface area contributed by atoms with E-state index in [-0.39, 0.29) is 0 Å². The van der Waals surface area contributed by atoms with Gasteiger partial charge in [-0.05, 0) is 18.8 Å². The first-order valence-corrected chi connectivity index (χ1v) is 5.01. The molecule has 0 saturated carbocycles. The van der Waals surface area contributed by atoms with Gasteiger partial charge in [-0.25, -0.2) is 0 Å². The van der Waals surface area contributed by atoms with Crippen LogP contribution in [0, 0.1) is 5.92 Å². The van der Waals surface area contributed by atoms with Crippen molar-refractivity contribution in [1.82, 2.24) is 0 Å². The second-order valence-corrected chi connectivity index (χ2v) is 3.53. The second-order valence-electron chi connectivity index (χ2n) is 3.20. The second kappa shape index (κ2) is 7.70. The van der Waals surface area contributed by atoms with E-state index in [0.717, 1.165) is 25.9 Å². The fraction of sp³-hybridized carbons (Fsp3) is 0.889. The maximum absolute atomic E-state index is 11.0. The van der Waals surface area contributed by atoms with Gasteiger partial charge in [0.1, 0.15) is 5.78 Å². The van der Waals surface area contributed by atoms with E-state index in [0.29, 0.717) is 18.1 Å². The van der Waals surface area contributed by atoms with Crippen molar-refractivity contribution in [2.24, 2.45) is 5.92 Å². The molecule has 2 nitrogen and oxygen atoms in total. The zero-order chi connectivity index (χ0) is 9.40. The molecule has 0 radical (unpaired) electrons. The van der Waals surface area contributed by atoms with Crippen LogP contribution in [0.3, 0.4) is 0 Å². The zero-order valence-corrected chi connectivity index (χ0v) is 9.16. The number of rotatable bonds is 7. The van der Waals surface area contributed by atoms with E-state index in [4.69, 9.17) is 4.52 Å². The summed E-state index contributed by atoms with van der Waals surface area (Å²) in [5, 5.41) is 0. The van der Waals surface area contributed by atoms with E-state index in [9.17, 15) is 4.79 Å². The molecule has 72 valence electrons. The SMILES string of the molecule is CCC(=O)CCC(C)CCOP. The van der Waals surface area contributed by atoms with Crippen molar-refractivity contribution in [2.45, 2.75) is 39.5 Å². The Bertz CT molecular complexity index is 126. The van der Waals surface area contributed by atoms with Gasteiger partial charge in [-0.1, -0.05) is 13.8 Å². The molecule has 0 fully saturated rings. The lowest BCUT2D eigenvalue weighted by molar-refractivity contribution is -0.119. The minimum absolute atomic E-state index is 0.369. The van der Waals surface area contributed by atoms with Crippen molar-refractivity contribution in [1.29, 1.82) is 0 Å². The van der Waals surface area contributed by atoms with Crippen molar-refractivity contribution >= 4 is 15.2 Å². The predicted molar refractivity (Wildman–Crippen MR) is 54.0 cm³/mol. The highest BCUT2D eigenvalue weighted by Crippen LogP contribution is 2.11. The Kier molecular flexibility index (Phi) is 7.73. The summed E-state index contributed by atoms with van der Waals surface area (Å²) in [6.07, 6.45) is 3.45. The summed E-state index contributed by atoms with van der Waals surface area (Å²) in [6, 6.07) is 0. The fourth-order valence-corrected chi connectivity index (χ4v) is 1.13. The molecule has 0 rings (SSSR count). The summed E-state index contributed by atoms with van der Waals surface area (Å²) in [5.74, 6) is 0.967. The average Bonchev–Trinajstić information content (AvgIpc) is 2.10. The normalized spacial score (nSPS) is 12.9. The van der Waals surface area contributed by atoms with E-state index in [1.54, 1.807) is 0 Å². The van der Waals surface area contributed by atoms with Crippen molar-refractivity contribution in [3.8, 4) is 0 Å². The van der Waals surface area contributed by atoms with Crippen LogP contribution in [0.25, 0.3) is 0 Å². The highest BCUT2D eigenvalue weighted by atomic mass is 31.0. The molecule has 0 aliphatic carbocycles. The molecular weight excluding hydrogens is 171 g/mol. The molecule has 2 atom stereocenters. The van der Waals surface area contributed by atoms with Crippen LogP contribution in [0.1, 0.15) is 39.5 Å². The Morgan fingerprint density at radius 2 is 2.17 bits per heavy atom. The molecule has 0 aromatic heterocycles. The Hall–Kier alpha value is 0.0600. The third kappa shape index (κ3) is 6.75. The van der Waals surface area contributed by atoms with Gasteiger partial charge in [-0.15, -0.1) is 0 Å².